The van der Waals surface area contributed by atoms with Crippen LogP contribution in [-0.4, -0.2) is 30.0 Å². The molecule has 1 aromatic heterocycles. The first-order chi connectivity index (χ1) is 14.8. The highest BCUT2D eigenvalue weighted by Gasteiger charge is 2.16. The molecule has 2 amide bonds. The number of methoxy groups -OCH3 is 2. The van der Waals surface area contributed by atoms with Crippen molar-refractivity contribution in [2.75, 3.05) is 24.9 Å². The number of nitrogens with zero attached hydrogens (tertiary/aromatic N) is 2. The molecule has 0 bridgehead atoms. The highest BCUT2D eigenvalue weighted by atomic mass is 35.5. The number of anilines is 2. The van der Waals surface area contributed by atoms with Gasteiger partial charge in [-0.1, -0.05) is 23.2 Å². The van der Waals surface area contributed by atoms with Gasteiger partial charge in [0.15, 0.2) is 6.73 Å². The van der Waals surface area contributed by atoms with Gasteiger partial charge in [0.25, 0.3) is 0 Å². The molecular weight excluding hydrogens is 443 g/mol. The molecule has 2 aromatic carbocycles. The van der Waals surface area contributed by atoms with Gasteiger partial charge in [0.05, 0.1) is 42.0 Å². The van der Waals surface area contributed by atoms with E-state index in [0.29, 0.717) is 44.4 Å². The van der Waals surface area contributed by atoms with Crippen molar-refractivity contribution in [3.05, 3.63) is 57.8 Å². The third-order valence-electron chi connectivity index (χ3n) is 4.51. The second-order valence-electron chi connectivity index (χ2n) is 6.54. The number of carbonyl (C=O) groups is 1. The molecule has 3 rings (SSSR count). The normalized spacial score (nSPS) is 10.5. The van der Waals surface area contributed by atoms with Crippen molar-refractivity contribution in [2.45, 2.75) is 20.6 Å². The average Bonchev–Trinajstić information content (AvgIpc) is 3.00. The summed E-state index contributed by atoms with van der Waals surface area (Å²) < 4.78 is 17.9. The molecule has 0 unspecified atom stereocenters. The van der Waals surface area contributed by atoms with Crippen molar-refractivity contribution in [1.82, 2.24) is 9.78 Å². The minimum Gasteiger partial charge on any atom is -0.497 e. The van der Waals surface area contributed by atoms with Crippen LogP contribution in [0, 0.1) is 13.8 Å². The van der Waals surface area contributed by atoms with Gasteiger partial charge in [-0.25, -0.2) is 9.48 Å². The largest absolute Gasteiger partial charge is 0.497 e. The van der Waals surface area contributed by atoms with Gasteiger partial charge in [-0.3, -0.25) is 0 Å². The summed E-state index contributed by atoms with van der Waals surface area (Å²) in [5.41, 5.74) is 2.40. The molecule has 0 fully saturated rings. The number of amides is 2. The molecule has 1 heterocycles. The Morgan fingerprint density at radius 3 is 2.45 bits per heavy atom. The number of benzene rings is 2. The predicted octanol–water partition coefficient (Wildman–Crippen LogP) is 5.50. The van der Waals surface area contributed by atoms with E-state index in [2.05, 4.69) is 15.7 Å². The van der Waals surface area contributed by atoms with Crippen molar-refractivity contribution in [3.63, 3.8) is 0 Å². The summed E-state index contributed by atoms with van der Waals surface area (Å²) in [5.74, 6) is 1.58. The lowest BCUT2D eigenvalue weighted by Gasteiger charge is -2.13. The smallest absolute Gasteiger partial charge is 0.323 e. The third-order valence-corrected chi connectivity index (χ3v) is 5.04. The van der Waals surface area contributed by atoms with Crippen molar-refractivity contribution >= 4 is 40.6 Å². The standard InChI is InChI=1S/C21H22Cl2N4O4/c1-12-20(25-21(28)24-17-10-15(29-3)6-8-19(17)30-4)13(2)27(26-12)11-31-18-7-5-14(22)9-16(18)23/h5-10H,11H2,1-4H3,(H2,24,25,28). The Morgan fingerprint density at radius 1 is 1.03 bits per heavy atom. The number of aromatic nitrogens is 2. The summed E-state index contributed by atoms with van der Waals surface area (Å²) in [6.07, 6.45) is 0. The van der Waals surface area contributed by atoms with E-state index in [-0.39, 0.29) is 6.73 Å². The summed E-state index contributed by atoms with van der Waals surface area (Å²) in [5, 5.41) is 10.9. The van der Waals surface area contributed by atoms with E-state index in [0.717, 1.165) is 5.69 Å². The maximum Gasteiger partial charge on any atom is 0.323 e. The zero-order chi connectivity index (χ0) is 22.5. The van der Waals surface area contributed by atoms with Crippen LogP contribution < -0.4 is 24.8 Å². The fraction of sp³-hybridized carbons (Fsp3) is 0.238. The lowest BCUT2D eigenvalue weighted by molar-refractivity contribution is 0.218. The summed E-state index contributed by atoms with van der Waals surface area (Å²) in [6.45, 7) is 3.73. The molecule has 31 heavy (non-hydrogen) atoms. The van der Waals surface area contributed by atoms with Crippen LogP contribution >= 0.6 is 23.2 Å². The van der Waals surface area contributed by atoms with Crippen molar-refractivity contribution in [3.8, 4) is 17.2 Å². The Morgan fingerprint density at radius 2 is 1.77 bits per heavy atom. The number of urea groups is 1. The Balaban J connectivity index is 1.71. The van der Waals surface area contributed by atoms with Gasteiger partial charge in [-0.15, -0.1) is 0 Å². The predicted molar refractivity (Wildman–Crippen MR) is 121 cm³/mol. The molecule has 0 saturated carbocycles. The molecule has 10 heteroatoms. The number of halogens is 2. The van der Waals surface area contributed by atoms with E-state index in [1.165, 1.54) is 7.11 Å². The molecule has 8 nitrogen and oxygen atoms in total. The Hall–Kier alpha value is -3.10. The molecule has 164 valence electrons. The van der Waals surface area contributed by atoms with Crippen LogP contribution in [0.3, 0.4) is 0 Å². The van der Waals surface area contributed by atoms with Crippen LogP contribution in [0.4, 0.5) is 16.2 Å². The van der Waals surface area contributed by atoms with Gasteiger partial charge in [-0.2, -0.15) is 5.10 Å². The molecule has 0 atom stereocenters. The minimum absolute atomic E-state index is 0.112. The number of rotatable bonds is 7. The van der Waals surface area contributed by atoms with Crippen LogP contribution in [-0.2, 0) is 6.73 Å². The van der Waals surface area contributed by atoms with Gasteiger partial charge in [0.2, 0.25) is 0 Å². The minimum atomic E-state index is -0.445. The van der Waals surface area contributed by atoms with Crippen LogP contribution in [0.25, 0.3) is 0 Å². The molecule has 0 spiro atoms. The van der Waals surface area contributed by atoms with Crippen LogP contribution in [0.15, 0.2) is 36.4 Å². The third kappa shape index (κ3) is 5.34. The van der Waals surface area contributed by atoms with Crippen molar-refractivity contribution in [1.29, 1.82) is 0 Å². The average molecular weight is 465 g/mol. The number of ether oxygens (including phenoxy) is 3. The number of aryl methyl sites for hydroxylation is 1. The van der Waals surface area contributed by atoms with E-state index < -0.39 is 6.03 Å². The lowest BCUT2D eigenvalue weighted by Crippen LogP contribution is -2.20. The number of nitrogens with one attached hydrogen (secondary N) is 2. The summed E-state index contributed by atoms with van der Waals surface area (Å²) >= 11 is 12.0. The van der Waals surface area contributed by atoms with Crippen LogP contribution in [0.5, 0.6) is 17.2 Å². The Bertz CT molecular complexity index is 1100. The lowest BCUT2D eigenvalue weighted by atomic mass is 10.2. The van der Waals surface area contributed by atoms with Crippen LogP contribution in [0.1, 0.15) is 11.4 Å². The first kappa shape index (κ1) is 22.6. The molecule has 0 aliphatic heterocycles. The molecule has 2 N–H and O–H groups in total. The first-order valence-corrected chi connectivity index (χ1v) is 10.00. The number of carbonyl (C=O) groups excluding carboxylic acids is 1. The van der Waals surface area contributed by atoms with Gasteiger partial charge >= 0.3 is 6.03 Å². The quantitative estimate of drug-likeness (QED) is 0.481. The highest BCUT2D eigenvalue weighted by Crippen LogP contribution is 2.30. The van der Waals surface area contributed by atoms with E-state index in [1.54, 1.807) is 55.1 Å². The van der Waals surface area contributed by atoms with Crippen molar-refractivity contribution < 1.29 is 19.0 Å². The topological polar surface area (TPSA) is 86.6 Å². The fourth-order valence-corrected chi connectivity index (χ4v) is 3.37. The molecule has 0 radical (unpaired) electrons. The number of hydrogen-bond donors (Lipinski definition) is 2. The van der Waals surface area contributed by atoms with Gasteiger partial charge in [0.1, 0.15) is 17.2 Å². The van der Waals surface area contributed by atoms with E-state index in [1.807, 2.05) is 6.92 Å². The molecule has 0 aliphatic rings. The molecule has 3 aromatic rings. The maximum absolute atomic E-state index is 12.6. The summed E-state index contributed by atoms with van der Waals surface area (Å²) in [4.78, 5) is 12.6. The Kier molecular flexibility index (Phi) is 7.14. The summed E-state index contributed by atoms with van der Waals surface area (Å²) in [7, 11) is 3.07. The molecule has 0 saturated heterocycles. The molecule has 0 aliphatic carbocycles. The number of hydrogen-bond acceptors (Lipinski definition) is 5. The summed E-state index contributed by atoms with van der Waals surface area (Å²) in [6, 6.07) is 9.65. The molecular formula is C21H22Cl2N4O4. The fourth-order valence-electron chi connectivity index (χ4n) is 2.91. The van der Waals surface area contributed by atoms with Gasteiger partial charge < -0.3 is 24.8 Å². The Labute approximate surface area is 190 Å². The highest BCUT2D eigenvalue weighted by molar-refractivity contribution is 6.35. The SMILES string of the molecule is COc1ccc(OC)c(NC(=O)Nc2c(C)nn(COc3ccc(Cl)cc3Cl)c2C)c1. The van der Waals surface area contributed by atoms with E-state index in [4.69, 9.17) is 37.4 Å². The van der Waals surface area contributed by atoms with E-state index in [9.17, 15) is 4.79 Å². The first-order valence-electron chi connectivity index (χ1n) is 9.24. The monoisotopic (exact) mass is 464 g/mol. The van der Waals surface area contributed by atoms with Crippen LogP contribution in [0.2, 0.25) is 10.0 Å². The zero-order valence-electron chi connectivity index (χ0n) is 17.5. The van der Waals surface area contributed by atoms with E-state index >= 15 is 0 Å². The maximum atomic E-state index is 12.6. The van der Waals surface area contributed by atoms with Crippen molar-refractivity contribution in [2.24, 2.45) is 0 Å². The zero-order valence-corrected chi connectivity index (χ0v) is 19.0. The second kappa shape index (κ2) is 9.80. The second-order valence-corrected chi connectivity index (χ2v) is 7.38. The van der Waals surface area contributed by atoms with Gasteiger partial charge in [0, 0.05) is 11.1 Å². The van der Waals surface area contributed by atoms with Gasteiger partial charge in [-0.05, 0) is 44.2 Å².